The SMILES string of the molecule is NC(=O)C1CCCN(Cc2ccccc2NS(=O)(=O)c2cccc(Cl)c2)C1. The number of carbonyl (C=O) groups is 1. The van der Waals surface area contributed by atoms with Gasteiger partial charge in [0.05, 0.1) is 16.5 Å². The summed E-state index contributed by atoms with van der Waals surface area (Å²) in [5, 5.41) is 0.358. The third-order valence-corrected chi connectivity index (χ3v) is 6.27. The molecule has 1 saturated heterocycles. The summed E-state index contributed by atoms with van der Waals surface area (Å²) in [7, 11) is -3.75. The maximum Gasteiger partial charge on any atom is 0.261 e. The molecular weight excluding hydrogens is 386 g/mol. The predicted molar refractivity (Wildman–Crippen MR) is 106 cm³/mol. The van der Waals surface area contributed by atoms with E-state index in [2.05, 4.69) is 9.62 Å². The molecule has 27 heavy (non-hydrogen) atoms. The van der Waals surface area contributed by atoms with Crippen molar-refractivity contribution in [3.05, 3.63) is 59.1 Å². The maximum atomic E-state index is 12.7. The molecule has 2 aromatic rings. The Labute approximate surface area is 164 Å². The number of nitrogens with one attached hydrogen (secondary N) is 1. The molecular formula is C19H22ClN3O3S. The Morgan fingerprint density at radius 1 is 1.22 bits per heavy atom. The van der Waals surface area contributed by atoms with Crippen LogP contribution in [0.1, 0.15) is 18.4 Å². The average Bonchev–Trinajstić information content (AvgIpc) is 2.63. The number of benzene rings is 2. The number of rotatable bonds is 6. The van der Waals surface area contributed by atoms with E-state index in [4.69, 9.17) is 17.3 Å². The Hall–Kier alpha value is -2.09. The molecule has 1 heterocycles. The lowest BCUT2D eigenvalue weighted by atomic mass is 9.97. The van der Waals surface area contributed by atoms with E-state index in [0.29, 0.717) is 23.8 Å². The van der Waals surface area contributed by atoms with Gasteiger partial charge in [0.2, 0.25) is 5.91 Å². The highest BCUT2D eigenvalue weighted by atomic mass is 35.5. The van der Waals surface area contributed by atoms with Crippen LogP contribution in [0.4, 0.5) is 5.69 Å². The Kier molecular flexibility index (Phi) is 6.04. The zero-order valence-corrected chi connectivity index (χ0v) is 16.3. The Balaban J connectivity index is 1.79. The van der Waals surface area contributed by atoms with Gasteiger partial charge in [-0.15, -0.1) is 0 Å². The zero-order valence-electron chi connectivity index (χ0n) is 14.8. The van der Waals surface area contributed by atoms with Crippen LogP contribution in [-0.4, -0.2) is 32.3 Å². The largest absolute Gasteiger partial charge is 0.369 e. The first-order valence-electron chi connectivity index (χ1n) is 8.73. The van der Waals surface area contributed by atoms with Crippen molar-refractivity contribution in [3.63, 3.8) is 0 Å². The summed E-state index contributed by atoms with van der Waals surface area (Å²) in [5.74, 6) is -0.441. The van der Waals surface area contributed by atoms with Crippen LogP contribution < -0.4 is 10.5 Å². The van der Waals surface area contributed by atoms with Gasteiger partial charge in [0, 0.05) is 18.1 Å². The van der Waals surface area contributed by atoms with Crippen LogP contribution in [0.2, 0.25) is 5.02 Å². The number of piperidine rings is 1. The summed E-state index contributed by atoms with van der Waals surface area (Å²) >= 11 is 5.92. The molecule has 6 nitrogen and oxygen atoms in total. The summed E-state index contributed by atoms with van der Waals surface area (Å²) < 4.78 is 28.0. The molecule has 2 aromatic carbocycles. The van der Waals surface area contributed by atoms with Crippen molar-refractivity contribution in [1.82, 2.24) is 4.90 Å². The number of nitrogens with two attached hydrogens (primary N) is 1. The highest BCUT2D eigenvalue weighted by molar-refractivity contribution is 7.92. The van der Waals surface area contributed by atoms with E-state index < -0.39 is 10.0 Å². The number of sulfonamides is 1. The number of para-hydroxylation sites is 1. The average molecular weight is 408 g/mol. The quantitative estimate of drug-likeness (QED) is 0.770. The molecule has 1 unspecified atom stereocenters. The van der Waals surface area contributed by atoms with Crippen LogP contribution in [-0.2, 0) is 21.4 Å². The summed E-state index contributed by atoms with van der Waals surface area (Å²) in [5.41, 5.74) is 6.80. The highest BCUT2D eigenvalue weighted by Gasteiger charge is 2.25. The third kappa shape index (κ3) is 5.00. The summed E-state index contributed by atoms with van der Waals surface area (Å²) in [6.45, 7) is 1.97. The van der Waals surface area contributed by atoms with Crippen LogP contribution in [0.3, 0.4) is 0 Å². The minimum Gasteiger partial charge on any atom is -0.369 e. The normalized spacial score (nSPS) is 18.2. The number of likely N-dealkylation sites (tertiary alicyclic amines) is 1. The number of anilines is 1. The fourth-order valence-corrected chi connectivity index (χ4v) is 4.67. The van der Waals surface area contributed by atoms with E-state index in [0.717, 1.165) is 24.9 Å². The number of primary amides is 1. The fraction of sp³-hybridized carbons (Fsp3) is 0.316. The first-order chi connectivity index (χ1) is 12.8. The van der Waals surface area contributed by atoms with Gasteiger partial charge in [0.15, 0.2) is 0 Å². The smallest absolute Gasteiger partial charge is 0.261 e. The second-order valence-corrected chi connectivity index (χ2v) is 8.82. The lowest BCUT2D eigenvalue weighted by Gasteiger charge is -2.31. The molecule has 3 rings (SSSR count). The van der Waals surface area contributed by atoms with Crippen molar-refractivity contribution in [3.8, 4) is 0 Å². The fourth-order valence-electron chi connectivity index (χ4n) is 3.27. The van der Waals surface area contributed by atoms with Gasteiger partial charge < -0.3 is 5.73 Å². The van der Waals surface area contributed by atoms with Gasteiger partial charge in [-0.05, 0) is 49.2 Å². The Morgan fingerprint density at radius 2 is 2.00 bits per heavy atom. The van der Waals surface area contributed by atoms with Gasteiger partial charge in [-0.2, -0.15) is 0 Å². The number of amides is 1. The van der Waals surface area contributed by atoms with Crippen LogP contribution in [0, 0.1) is 5.92 Å². The van der Waals surface area contributed by atoms with E-state index in [9.17, 15) is 13.2 Å². The lowest BCUT2D eigenvalue weighted by Crippen LogP contribution is -2.40. The second-order valence-electron chi connectivity index (χ2n) is 6.70. The van der Waals surface area contributed by atoms with Gasteiger partial charge in [-0.3, -0.25) is 14.4 Å². The molecule has 8 heteroatoms. The van der Waals surface area contributed by atoms with E-state index in [-0.39, 0.29) is 16.7 Å². The third-order valence-electron chi connectivity index (χ3n) is 4.67. The van der Waals surface area contributed by atoms with Crippen LogP contribution in [0.25, 0.3) is 0 Å². The predicted octanol–water partition coefficient (Wildman–Crippen LogP) is 2.84. The number of hydrogen-bond acceptors (Lipinski definition) is 4. The molecule has 0 aliphatic carbocycles. The summed E-state index contributed by atoms with van der Waals surface area (Å²) in [6, 6.07) is 13.4. The highest BCUT2D eigenvalue weighted by Crippen LogP contribution is 2.25. The number of carbonyl (C=O) groups excluding carboxylic acids is 1. The molecule has 1 amide bonds. The molecule has 0 saturated carbocycles. The number of halogens is 1. The molecule has 1 fully saturated rings. The minimum absolute atomic E-state index is 0.108. The first kappa shape index (κ1) is 19.7. The van der Waals surface area contributed by atoms with Crippen LogP contribution in [0.15, 0.2) is 53.4 Å². The first-order valence-corrected chi connectivity index (χ1v) is 10.6. The maximum absolute atomic E-state index is 12.7. The number of nitrogens with zero attached hydrogens (tertiary/aromatic N) is 1. The van der Waals surface area contributed by atoms with Crippen molar-refractivity contribution in [2.24, 2.45) is 11.7 Å². The molecule has 1 atom stereocenters. The van der Waals surface area contributed by atoms with Crippen molar-refractivity contribution in [2.45, 2.75) is 24.3 Å². The van der Waals surface area contributed by atoms with E-state index >= 15 is 0 Å². The zero-order chi connectivity index (χ0) is 19.4. The molecule has 144 valence electrons. The van der Waals surface area contributed by atoms with Crippen LogP contribution in [0.5, 0.6) is 0 Å². The Bertz CT molecular complexity index is 933. The Morgan fingerprint density at radius 3 is 2.74 bits per heavy atom. The molecule has 3 N–H and O–H groups in total. The molecule has 0 aromatic heterocycles. The van der Waals surface area contributed by atoms with Gasteiger partial charge in [-0.25, -0.2) is 8.42 Å². The second kappa shape index (κ2) is 8.29. The van der Waals surface area contributed by atoms with Crippen molar-refractivity contribution in [1.29, 1.82) is 0 Å². The van der Waals surface area contributed by atoms with E-state index in [1.54, 1.807) is 24.3 Å². The monoisotopic (exact) mass is 407 g/mol. The topological polar surface area (TPSA) is 92.5 Å². The molecule has 0 spiro atoms. The number of hydrogen-bond donors (Lipinski definition) is 2. The lowest BCUT2D eigenvalue weighted by molar-refractivity contribution is -0.123. The van der Waals surface area contributed by atoms with Crippen molar-refractivity contribution < 1.29 is 13.2 Å². The van der Waals surface area contributed by atoms with E-state index in [1.165, 1.54) is 12.1 Å². The van der Waals surface area contributed by atoms with Crippen LogP contribution >= 0.6 is 11.6 Å². The summed E-state index contributed by atoms with van der Waals surface area (Å²) in [6.07, 6.45) is 1.69. The van der Waals surface area contributed by atoms with E-state index in [1.807, 2.05) is 12.1 Å². The molecule has 0 radical (unpaired) electrons. The standard InChI is InChI=1S/C19H22ClN3O3S/c20-16-7-3-8-17(11-16)27(25,26)22-18-9-2-1-5-14(18)12-23-10-4-6-15(13-23)19(21)24/h1-3,5,7-9,11,15,22H,4,6,10,12-13H2,(H2,21,24). The van der Waals surface area contributed by atoms with Gasteiger partial charge in [0.25, 0.3) is 10.0 Å². The molecule has 1 aliphatic rings. The summed E-state index contributed by atoms with van der Waals surface area (Å²) in [4.78, 5) is 13.7. The van der Waals surface area contributed by atoms with Crippen molar-refractivity contribution >= 4 is 33.2 Å². The van der Waals surface area contributed by atoms with Gasteiger partial charge >= 0.3 is 0 Å². The van der Waals surface area contributed by atoms with Crippen molar-refractivity contribution in [2.75, 3.05) is 17.8 Å². The van der Waals surface area contributed by atoms with Gasteiger partial charge in [-0.1, -0.05) is 35.9 Å². The molecule has 0 bridgehead atoms. The molecule has 1 aliphatic heterocycles. The van der Waals surface area contributed by atoms with Gasteiger partial charge in [0.1, 0.15) is 0 Å². The minimum atomic E-state index is -3.75.